The third-order valence-electron chi connectivity index (χ3n) is 4.82. The molecule has 27 heavy (non-hydrogen) atoms. The highest BCUT2D eigenvalue weighted by molar-refractivity contribution is 5.92. The number of carbonyl (C=O) groups excluding carboxylic acids is 2. The molecule has 4 rings (SSSR count). The molecule has 0 saturated carbocycles. The number of anilines is 1. The van der Waals surface area contributed by atoms with Crippen molar-refractivity contribution in [1.29, 1.82) is 0 Å². The van der Waals surface area contributed by atoms with Crippen molar-refractivity contribution in [2.75, 3.05) is 25.5 Å². The molecule has 7 nitrogen and oxygen atoms in total. The summed E-state index contributed by atoms with van der Waals surface area (Å²) in [4.78, 5) is 32.3. The van der Waals surface area contributed by atoms with E-state index in [1.807, 2.05) is 42.5 Å². The summed E-state index contributed by atoms with van der Waals surface area (Å²) in [7, 11) is 1.56. The summed E-state index contributed by atoms with van der Waals surface area (Å²) < 4.78 is 5.25. The van der Waals surface area contributed by atoms with E-state index in [9.17, 15) is 9.59 Å². The van der Waals surface area contributed by atoms with Crippen LogP contribution in [-0.4, -0.2) is 47.7 Å². The number of hydroxylamine groups is 2. The van der Waals surface area contributed by atoms with Gasteiger partial charge in [0.05, 0.1) is 38.9 Å². The van der Waals surface area contributed by atoms with Gasteiger partial charge >= 0.3 is 6.03 Å². The lowest BCUT2D eigenvalue weighted by Gasteiger charge is -2.45. The van der Waals surface area contributed by atoms with Crippen LogP contribution in [0.1, 0.15) is 12.0 Å². The van der Waals surface area contributed by atoms with Crippen molar-refractivity contribution in [2.45, 2.75) is 18.6 Å². The summed E-state index contributed by atoms with van der Waals surface area (Å²) in [6, 6.07) is 16.7. The first-order valence-electron chi connectivity index (χ1n) is 8.81. The van der Waals surface area contributed by atoms with Crippen LogP contribution in [0, 0.1) is 0 Å². The largest absolute Gasteiger partial charge is 0.495 e. The Morgan fingerprint density at radius 2 is 1.85 bits per heavy atom. The van der Waals surface area contributed by atoms with E-state index in [-0.39, 0.29) is 18.4 Å². The molecule has 0 radical (unpaired) electrons. The molecule has 2 aliphatic heterocycles. The van der Waals surface area contributed by atoms with E-state index in [0.717, 1.165) is 5.56 Å². The van der Waals surface area contributed by atoms with Crippen LogP contribution >= 0.6 is 0 Å². The molecule has 2 aromatic carbocycles. The number of nitrogens with zero attached hydrogens (tertiary/aromatic N) is 2. The van der Waals surface area contributed by atoms with Gasteiger partial charge in [-0.05, 0) is 17.7 Å². The summed E-state index contributed by atoms with van der Waals surface area (Å²) in [5.41, 5.74) is 1.01. The summed E-state index contributed by atoms with van der Waals surface area (Å²) in [6.07, 6.45) is 0.290. The zero-order chi connectivity index (χ0) is 18.9. The van der Waals surface area contributed by atoms with Gasteiger partial charge in [0, 0.05) is 0 Å². The fraction of sp³-hybridized carbons (Fsp3) is 0.300. The number of para-hydroxylation sites is 2. The van der Waals surface area contributed by atoms with Crippen LogP contribution in [-0.2, 0) is 16.2 Å². The van der Waals surface area contributed by atoms with Gasteiger partial charge in [0.2, 0.25) is 5.91 Å². The number of hydrogen-bond donors (Lipinski definition) is 1. The molecule has 7 heteroatoms. The van der Waals surface area contributed by atoms with Crippen LogP contribution < -0.4 is 10.1 Å². The summed E-state index contributed by atoms with van der Waals surface area (Å²) in [5.74, 6) is 0.547. The van der Waals surface area contributed by atoms with E-state index in [4.69, 9.17) is 9.57 Å². The SMILES string of the molecule is COc1ccccc1NC(=O)N1CC2(CC(=O)N(Cc3ccccc3)O2)C1. The number of hydrogen-bond acceptors (Lipinski definition) is 4. The molecular weight excluding hydrogens is 346 g/mol. The van der Waals surface area contributed by atoms with Gasteiger partial charge in [0.15, 0.2) is 0 Å². The number of rotatable bonds is 4. The molecule has 140 valence electrons. The number of likely N-dealkylation sites (tertiary alicyclic amines) is 1. The average molecular weight is 367 g/mol. The molecule has 0 atom stereocenters. The Kier molecular flexibility index (Phi) is 4.45. The number of urea groups is 1. The fourth-order valence-electron chi connectivity index (χ4n) is 3.46. The highest BCUT2D eigenvalue weighted by atomic mass is 16.7. The Hall–Kier alpha value is -3.06. The number of carbonyl (C=O) groups is 2. The number of ether oxygens (including phenoxy) is 1. The molecule has 2 saturated heterocycles. The number of benzene rings is 2. The molecular formula is C20H21N3O4. The zero-order valence-corrected chi connectivity index (χ0v) is 15.1. The fourth-order valence-corrected chi connectivity index (χ4v) is 3.46. The number of amides is 3. The maximum absolute atomic E-state index is 12.5. The number of nitrogens with one attached hydrogen (secondary N) is 1. The van der Waals surface area contributed by atoms with E-state index in [1.54, 1.807) is 24.1 Å². The molecule has 2 heterocycles. The Labute approximate surface area is 157 Å². The predicted molar refractivity (Wildman–Crippen MR) is 99.0 cm³/mol. The minimum Gasteiger partial charge on any atom is -0.495 e. The van der Waals surface area contributed by atoms with E-state index >= 15 is 0 Å². The van der Waals surface area contributed by atoms with Crippen molar-refractivity contribution in [3.8, 4) is 5.75 Å². The first kappa shape index (κ1) is 17.4. The van der Waals surface area contributed by atoms with Gasteiger partial charge in [-0.25, -0.2) is 9.86 Å². The van der Waals surface area contributed by atoms with Crippen LogP contribution in [0.25, 0.3) is 0 Å². The van der Waals surface area contributed by atoms with Crippen molar-refractivity contribution >= 4 is 17.6 Å². The second-order valence-electron chi connectivity index (χ2n) is 6.85. The molecule has 0 bridgehead atoms. The van der Waals surface area contributed by atoms with Crippen LogP contribution in [0.15, 0.2) is 54.6 Å². The second kappa shape index (κ2) is 6.92. The molecule has 0 unspecified atom stereocenters. The molecule has 1 spiro atoms. The van der Waals surface area contributed by atoms with Gasteiger partial charge in [-0.1, -0.05) is 42.5 Å². The number of methoxy groups -OCH3 is 1. The van der Waals surface area contributed by atoms with Crippen molar-refractivity contribution in [2.24, 2.45) is 0 Å². The van der Waals surface area contributed by atoms with Crippen molar-refractivity contribution in [3.63, 3.8) is 0 Å². The molecule has 3 amide bonds. The normalized spacial score (nSPS) is 17.7. The minimum atomic E-state index is -0.607. The highest BCUT2D eigenvalue weighted by Crippen LogP contribution is 2.37. The van der Waals surface area contributed by atoms with E-state index < -0.39 is 5.60 Å². The monoisotopic (exact) mass is 367 g/mol. The van der Waals surface area contributed by atoms with Gasteiger partial charge in [0.1, 0.15) is 11.4 Å². The predicted octanol–water partition coefficient (Wildman–Crippen LogP) is 2.65. The molecule has 0 aliphatic carbocycles. The molecule has 2 fully saturated rings. The Balaban J connectivity index is 1.34. The minimum absolute atomic E-state index is 0.0522. The summed E-state index contributed by atoms with van der Waals surface area (Å²) in [6.45, 7) is 1.17. The summed E-state index contributed by atoms with van der Waals surface area (Å²) >= 11 is 0. The van der Waals surface area contributed by atoms with Gasteiger partial charge in [-0.15, -0.1) is 0 Å². The molecule has 2 aliphatic rings. The van der Waals surface area contributed by atoms with Gasteiger partial charge < -0.3 is 15.0 Å². The van der Waals surface area contributed by atoms with Crippen LogP contribution in [0.2, 0.25) is 0 Å². The van der Waals surface area contributed by atoms with Crippen LogP contribution in [0.4, 0.5) is 10.5 Å². The standard InChI is InChI=1S/C20H21N3O4/c1-26-17-10-6-5-9-16(17)21-19(25)22-13-20(14-22)11-18(24)23(27-20)12-15-7-3-2-4-8-15/h2-10H,11-14H2,1H3,(H,21,25). The third kappa shape index (κ3) is 3.46. The maximum atomic E-state index is 12.5. The zero-order valence-electron chi connectivity index (χ0n) is 15.1. The molecule has 2 aromatic rings. The lowest BCUT2D eigenvalue weighted by Crippen LogP contribution is -2.64. The Morgan fingerprint density at radius 1 is 1.15 bits per heavy atom. The van der Waals surface area contributed by atoms with Crippen molar-refractivity contribution in [1.82, 2.24) is 9.96 Å². The topological polar surface area (TPSA) is 71.1 Å². The van der Waals surface area contributed by atoms with Gasteiger partial charge in [-0.2, -0.15) is 0 Å². The van der Waals surface area contributed by atoms with E-state index in [0.29, 0.717) is 31.1 Å². The van der Waals surface area contributed by atoms with Crippen LogP contribution in [0.5, 0.6) is 5.75 Å². The van der Waals surface area contributed by atoms with Crippen molar-refractivity contribution in [3.05, 3.63) is 60.2 Å². The summed E-state index contributed by atoms with van der Waals surface area (Å²) in [5, 5.41) is 4.25. The third-order valence-corrected chi connectivity index (χ3v) is 4.82. The Bertz CT molecular complexity index is 849. The Morgan fingerprint density at radius 3 is 2.59 bits per heavy atom. The molecule has 1 N–H and O–H groups in total. The second-order valence-corrected chi connectivity index (χ2v) is 6.85. The van der Waals surface area contributed by atoms with Gasteiger partial charge in [0.25, 0.3) is 0 Å². The highest BCUT2D eigenvalue weighted by Gasteiger charge is 2.54. The van der Waals surface area contributed by atoms with Crippen LogP contribution in [0.3, 0.4) is 0 Å². The van der Waals surface area contributed by atoms with E-state index in [2.05, 4.69) is 5.32 Å². The average Bonchev–Trinajstić information content (AvgIpc) is 2.98. The quantitative estimate of drug-likeness (QED) is 0.902. The van der Waals surface area contributed by atoms with Gasteiger partial charge in [-0.3, -0.25) is 9.63 Å². The molecule has 0 aromatic heterocycles. The first-order valence-corrected chi connectivity index (χ1v) is 8.81. The lowest BCUT2D eigenvalue weighted by molar-refractivity contribution is -0.232. The smallest absolute Gasteiger partial charge is 0.322 e. The van der Waals surface area contributed by atoms with E-state index in [1.165, 1.54) is 5.06 Å². The lowest BCUT2D eigenvalue weighted by atomic mass is 9.91. The maximum Gasteiger partial charge on any atom is 0.322 e. The first-order chi connectivity index (χ1) is 13.1. The van der Waals surface area contributed by atoms with Crippen molar-refractivity contribution < 1.29 is 19.2 Å².